The van der Waals surface area contributed by atoms with Gasteiger partial charge < -0.3 is 15.1 Å². The van der Waals surface area contributed by atoms with Gasteiger partial charge in [0.05, 0.1) is 0 Å². The molecule has 138 valence electrons. The highest BCUT2D eigenvalue weighted by atomic mass is 32.2. The van der Waals surface area contributed by atoms with Gasteiger partial charge in [0.1, 0.15) is 5.25 Å². The van der Waals surface area contributed by atoms with Crippen molar-refractivity contribution in [3.63, 3.8) is 0 Å². The molecule has 0 aliphatic heterocycles. The van der Waals surface area contributed by atoms with E-state index in [0.29, 0.717) is 22.7 Å². The summed E-state index contributed by atoms with van der Waals surface area (Å²) in [6.07, 6.45) is 0. The summed E-state index contributed by atoms with van der Waals surface area (Å²) in [6, 6.07) is 8.99. The lowest BCUT2D eigenvalue weighted by Crippen LogP contribution is -2.31. The Hall–Kier alpha value is -2.68. The highest BCUT2D eigenvalue weighted by molar-refractivity contribution is 8.01. The van der Waals surface area contributed by atoms with E-state index in [4.69, 9.17) is 0 Å². The fraction of sp³-hybridized carbons (Fsp3) is 0.353. The van der Waals surface area contributed by atoms with Gasteiger partial charge >= 0.3 is 0 Å². The molecule has 9 heteroatoms. The molecule has 0 bridgehead atoms. The number of benzene rings is 1. The van der Waals surface area contributed by atoms with Crippen LogP contribution in [-0.4, -0.2) is 60.1 Å². The van der Waals surface area contributed by atoms with Crippen LogP contribution in [0.3, 0.4) is 0 Å². The molecule has 1 atom stereocenters. The first-order valence-corrected chi connectivity index (χ1v) is 8.79. The molecular weight excluding hydrogens is 352 g/mol. The molecule has 1 N–H and O–H groups in total. The molecule has 1 amide bonds. The number of nitrogens with one attached hydrogen (secondary N) is 1. The molecule has 0 fully saturated rings. The van der Waals surface area contributed by atoms with E-state index in [0.717, 1.165) is 11.8 Å². The minimum Gasteiger partial charge on any atom is -0.347 e. The molecule has 1 aromatic carbocycles. The van der Waals surface area contributed by atoms with Crippen LogP contribution < -0.4 is 15.1 Å². The Bertz CT molecular complexity index is 756. The summed E-state index contributed by atoms with van der Waals surface area (Å²) in [5.74, 6) is 0.225. The van der Waals surface area contributed by atoms with E-state index in [1.54, 1.807) is 21.9 Å². The van der Waals surface area contributed by atoms with Crippen molar-refractivity contribution in [1.29, 1.82) is 0 Å². The number of rotatable bonds is 7. The molecule has 0 aliphatic rings. The Balaban J connectivity index is 2.26. The first-order chi connectivity index (χ1) is 12.3. The zero-order valence-corrected chi connectivity index (χ0v) is 16.2. The highest BCUT2D eigenvalue weighted by Crippen LogP contribution is 2.25. The van der Waals surface area contributed by atoms with Crippen LogP contribution in [0.4, 0.5) is 17.6 Å². The summed E-state index contributed by atoms with van der Waals surface area (Å²) >= 11 is 1.01. The Morgan fingerprint density at radius 2 is 1.50 bits per heavy atom. The number of hydrogen-bond donors (Lipinski definition) is 1. The average molecular weight is 374 g/mol. The lowest BCUT2D eigenvalue weighted by molar-refractivity contribution is -0.123. The molecule has 8 nitrogen and oxygen atoms in total. The van der Waals surface area contributed by atoms with Gasteiger partial charge in [0, 0.05) is 33.9 Å². The maximum Gasteiger partial charge on any atom is 0.245 e. The Kier molecular flexibility index (Phi) is 6.51. The maximum absolute atomic E-state index is 12.6. The second-order valence-corrected chi connectivity index (χ2v) is 7.04. The molecule has 0 saturated heterocycles. The molecule has 26 heavy (non-hydrogen) atoms. The predicted octanol–water partition coefficient (Wildman–Crippen LogP) is 1.69. The molecule has 0 spiro atoms. The zero-order chi connectivity index (χ0) is 19.3. The fourth-order valence-electron chi connectivity index (χ4n) is 1.94. The molecule has 2 rings (SSSR count). The van der Waals surface area contributed by atoms with E-state index in [2.05, 4.69) is 20.3 Å². The number of thioether (sulfide) groups is 1. The van der Waals surface area contributed by atoms with Crippen molar-refractivity contribution in [3.8, 4) is 0 Å². The minimum atomic E-state index is -0.956. The number of carbonyl (C=O) groups is 2. The van der Waals surface area contributed by atoms with Gasteiger partial charge in [-0.1, -0.05) is 30.0 Å². The average Bonchev–Trinajstić information content (AvgIpc) is 2.59. The van der Waals surface area contributed by atoms with Gasteiger partial charge in [-0.15, -0.1) is 0 Å². The van der Waals surface area contributed by atoms with Crippen molar-refractivity contribution in [2.24, 2.45) is 0 Å². The number of anilines is 3. The largest absolute Gasteiger partial charge is 0.347 e. The van der Waals surface area contributed by atoms with Gasteiger partial charge in [-0.3, -0.25) is 9.59 Å². The van der Waals surface area contributed by atoms with E-state index in [-0.39, 0.29) is 5.78 Å². The normalized spacial score (nSPS) is 11.6. The van der Waals surface area contributed by atoms with Crippen molar-refractivity contribution in [3.05, 3.63) is 30.3 Å². The standard InChI is InChI=1S/C17H22N6O2S/c1-11(24)13(14(25)18-12-9-7-6-8-10-12)26-17-20-15(22(2)3)19-16(21-17)23(4)5/h6-10,13H,1-5H3,(H,18,25)/t13-/m1/s1. The predicted molar refractivity (Wildman–Crippen MR) is 104 cm³/mol. The SMILES string of the molecule is CC(=O)[C@@H](Sc1nc(N(C)C)nc(N(C)C)n1)C(=O)Nc1ccccc1. The third-order valence-electron chi connectivity index (χ3n) is 3.26. The maximum atomic E-state index is 12.6. The summed E-state index contributed by atoms with van der Waals surface area (Å²) in [6.45, 7) is 1.38. The van der Waals surface area contributed by atoms with Crippen LogP contribution in [0.1, 0.15) is 6.92 Å². The van der Waals surface area contributed by atoms with E-state index < -0.39 is 11.2 Å². The molecule has 0 radical (unpaired) electrons. The molecule has 1 heterocycles. The number of para-hydroxylation sites is 1. The van der Waals surface area contributed by atoms with Crippen molar-refractivity contribution >= 4 is 41.0 Å². The monoisotopic (exact) mass is 374 g/mol. The molecule has 1 aromatic heterocycles. The minimum absolute atomic E-state index is 0.276. The lowest BCUT2D eigenvalue weighted by atomic mass is 10.2. The number of carbonyl (C=O) groups excluding carboxylic acids is 2. The third kappa shape index (κ3) is 5.16. The number of aromatic nitrogens is 3. The van der Waals surface area contributed by atoms with Crippen LogP contribution in [0.15, 0.2) is 35.5 Å². The van der Waals surface area contributed by atoms with Gasteiger partial charge in [0.15, 0.2) is 10.9 Å². The second kappa shape index (κ2) is 8.61. The van der Waals surface area contributed by atoms with Crippen LogP contribution in [0.25, 0.3) is 0 Å². The number of hydrogen-bond acceptors (Lipinski definition) is 8. The summed E-state index contributed by atoms with van der Waals surface area (Å²) in [4.78, 5) is 41.1. The van der Waals surface area contributed by atoms with E-state index in [1.165, 1.54) is 6.92 Å². The fourth-order valence-corrected chi connectivity index (χ4v) is 2.76. The highest BCUT2D eigenvalue weighted by Gasteiger charge is 2.27. The Morgan fingerprint density at radius 1 is 0.962 bits per heavy atom. The van der Waals surface area contributed by atoms with E-state index >= 15 is 0 Å². The van der Waals surface area contributed by atoms with Crippen molar-refractivity contribution < 1.29 is 9.59 Å². The van der Waals surface area contributed by atoms with Crippen LogP contribution in [0, 0.1) is 0 Å². The lowest BCUT2D eigenvalue weighted by Gasteiger charge is -2.17. The molecular formula is C17H22N6O2S. The van der Waals surface area contributed by atoms with Crippen molar-refractivity contribution in [2.45, 2.75) is 17.3 Å². The van der Waals surface area contributed by atoms with Crippen LogP contribution >= 0.6 is 11.8 Å². The summed E-state index contributed by atoms with van der Waals surface area (Å²) in [7, 11) is 7.25. The number of amides is 1. The smallest absolute Gasteiger partial charge is 0.245 e. The number of Topliss-reactive ketones (excluding diaryl/α,β-unsaturated/α-hetero) is 1. The van der Waals surface area contributed by atoms with Crippen LogP contribution in [-0.2, 0) is 9.59 Å². The number of nitrogens with zero attached hydrogens (tertiary/aromatic N) is 5. The van der Waals surface area contributed by atoms with Crippen molar-refractivity contribution in [1.82, 2.24) is 15.0 Å². The summed E-state index contributed by atoms with van der Waals surface area (Å²) < 4.78 is 0. The van der Waals surface area contributed by atoms with E-state index in [9.17, 15) is 9.59 Å². The zero-order valence-electron chi connectivity index (χ0n) is 15.4. The summed E-state index contributed by atoms with van der Waals surface area (Å²) in [5, 5.41) is 2.11. The molecule has 0 saturated carbocycles. The van der Waals surface area contributed by atoms with Crippen LogP contribution in [0.2, 0.25) is 0 Å². The second-order valence-electron chi connectivity index (χ2n) is 5.97. The Morgan fingerprint density at radius 3 is 1.96 bits per heavy atom. The quantitative estimate of drug-likeness (QED) is 0.578. The van der Waals surface area contributed by atoms with Crippen molar-refractivity contribution in [2.75, 3.05) is 43.3 Å². The van der Waals surface area contributed by atoms with Crippen LogP contribution in [0.5, 0.6) is 0 Å². The Labute approximate surface area is 157 Å². The number of ketones is 1. The van der Waals surface area contributed by atoms with E-state index in [1.807, 2.05) is 46.4 Å². The third-order valence-corrected chi connectivity index (χ3v) is 4.44. The molecule has 0 unspecified atom stereocenters. The summed E-state index contributed by atoms with van der Waals surface area (Å²) in [5.41, 5.74) is 0.628. The molecule has 2 aromatic rings. The van der Waals surface area contributed by atoms with Gasteiger partial charge in [0.2, 0.25) is 17.8 Å². The topological polar surface area (TPSA) is 91.3 Å². The molecule has 0 aliphatic carbocycles. The van der Waals surface area contributed by atoms with Gasteiger partial charge in [0.25, 0.3) is 0 Å². The van der Waals surface area contributed by atoms with Gasteiger partial charge in [-0.05, 0) is 19.1 Å². The first kappa shape index (κ1) is 19.6. The van der Waals surface area contributed by atoms with Gasteiger partial charge in [-0.2, -0.15) is 15.0 Å². The first-order valence-electron chi connectivity index (χ1n) is 7.91. The van der Waals surface area contributed by atoms with Gasteiger partial charge in [-0.25, -0.2) is 0 Å².